The van der Waals surface area contributed by atoms with Crippen molar-refractivity contribution in [2.24, 2.45) is 0 Å². The second-order valence-corrected chi connectivity index (χ2v) is 7.74. The van der Waals surface area contributed by atoms with Crippen molar-refractivity contribution in [3.05, 3.63) is 60.1 Å². The number of carboxylic acid groups (broad SMARTS) is 1. The molecular weight excluding hydrogens is 372 g/mol. The smallest absolute Gasteiger partial charge is 0.307 e. The zero-order valence-corrected chi connectivity index (χ0v) is 15.5. The van der Waals surface area contributed by atoms with E-state index in [0.717, 1.165) is 4.68 Å². The van der Waals surface area contributed by atoms with Crippen molar-refractivity contribution in [3.8, 4) is 16.8 Å². The van der Waals surface area contributed by atoms with E-state index >= 15 is 0 Å². The Morgan fingerprint density at radius 3 is 2.63 bits per heavy atom. The fourth-order valence-corrected chi connectivity index (χ4v) is 3.50. The Morgan fingerprint density at radius 1 is 1.30 bits per heavy atom. The van der Waals surface area contributed by atoms with Crippen LogP contribution in [-0.4, -0.2) is 31.1 Å². The summed E-state index contributed by atoms with van der Waals surface area (Å²) in [6.45, 7) is 4.03. The van der Waals surface area contributed by atoms with Gasteiger partial charge in [-0.25, -0.2) is 18.4 Å². The monoisotopic (exact) mass is 389 g/mol. The highest BCUT2D eigenvalue weighted by molar-refractivity contribution is 7.99. The minimum atomic E-state index is -1.04. The van der Waals surface area contributed by atoms with Crippen molar-refractivity contribution >= 4 is 17.7 Å². The maximum atomic E-state index is 14.7. The predicted octanol–water partition coefficient (Wildman–Crippen LogP) is 4.34. The van der Waals surface area contributed by atoms with Crippen LogP contribution < -0.4 is 0 Å². The van der Waals surface area contributed by atoms with Gasteiger partial charge in [-0.3, -0.25) is 4.79 Å². The van der Waals surface area contributed by atoms with E-state index in [-0.39, 0.29) is 17.4 Å². The molecule has 2 heterocycles. The summed E-state index contributed by atoms with van der Waals surface area (Å²) in [5.74, 6) is -2.63. The molecule has 0 saturated carbocycles. The van der Waals surface area contributed by atoms with Gasteiger partial charge in [0, 0.05) is 28.8 Å². The van der Waals surface area contributed by atoms with Gasteiger partial charge < -0.3 is 5.11 Å². The fourth-order valence-electron chi connectivity index (χ4n) is 2.62. The number of thioether (sulfide) groups is 1. The second kappa shape index (κ2) is 7.87. The standard InChI is InChI=1S/C19H17F2N3O2S/c1-11(2)27-19-14(4-3-5-22-19)13-7-15(20)18(16(21)8-13)24-10-12(9-23-24)6-17(25)26/h3-5,7-11H,6H2,1-2H3,(H,25,26). The van der Waals surface area contributed by atoms with E-state index in [1.54, 1.807) is 18.3 Å². The van der Waals surface area contributed by atoms with Crippen LogP contribution in [0.3, 0.4) is 0 Å². The summed E-state index contributed by atoms with van der Waals surface area (Å²) >= 11 is 1.51. The van der Waals surface area contributed by atoms with Gasteiger partial charge in [0.15, 0.2) is 11.6 Å². The molecule has 3 rings (SSSR count). The van der Waals surface area contributed by atoms with Crippen molar-refractivity contribution in [3.63, 3.8) is 0 Å². The quantitative estimate of drug-likeness (QED) is 0.635. The Balaban J connectivity index is 2.01. The average Bonchev–Trinajstić information content (AvgIpc) is 3.01. The zero-order valence-electron chi connectivity index (χ0n) is 14.7. The third-order valence-corrected chi connectivity index (χ3v) is 4.69. The number of aliphatic carboxylic acids is 1. The molecule has 5 nitrogen and oxygen atoms in total. The van der Waals surface area contributed by atoms with E-state index in [4.69, 9.17) is 5.11 Å². The average molecular weight is 389 g/mol. The Labute approximate surface area is 159 Å². The second-order valence-electron chi connectivity index (χ2n) is 6.17. The number of nitrogens with zero attached hydrogens (tertiary/aromatic N) is 3. The van der Waals surface area contributed by atoms with Crippen LogP contribution in [0.4, 0.5) is 8.78 Å². The molecular formula is C19H17F2N3O2S. The molecule has 1 aromatic carbocycles. The van der Waals surface area contributed by atoms with Gasteiger partial charge in [0.2, 0.25) is 0 Å². The zero-order chi connectivity index (χ0) is 19.6. The molecule has 0 aliphatic heterocycles. The first kappa shape index (κ1) is 19.0. The van der Waals surface area contributed by atoms with E-state index in [9.17, 15) is 13.6 Å². The lowest BCUT2D eigenvalue weighted by molar-refractivity contribution is -0.136. The predicted molar refractivity (Wildman–Crippen MR) is 99.0 cm³/mol. The van der Waals surface area contributed by atoms with Gasteiger partial charge in [-0.1, -0.05) is 19.9 Å². The van der Waals surface area contributed by atoms with Crippen molar-refractivity contribution in [2.45, 2.75) is 30.5 Å². The number of aromatic nitrogens is 3. The van der Waals surface area contributed by atoms with E-state index in [2.05, 4.69) is 10.1 Å². The molecule has 8 heteroatoms. The van der Waals surface area contributed by atoms with E-state index in [0.29, 0.717) is 21.7 Å². The van der Waals surface area contributed by atoms with Crippen LogP contribution in [-0.2, 0) is 11.2 Å². The number of rotatable bonds is 6. The van der Waals surface area contributed by atoms with Crippen LogP contribution in [0.15, 0.2) is 47.9 Å². The maximum Gasteiger partial charge on any atom is 0.307 e. The number of hydrogen-bond acceptors (Lipinski definition) is 4. The van der Waals surface area contributed by atoms with Gasteiger partial charge in [-0.15, -0.1) is 11.8 Å². The fraction of sp³-hybridized carbons (Fsp3) is 0.211. The SMILES string of the molecule is CC(C)Sc1ncccc1-c1cc(F)c(-n2cc(CC(=O)O)cn2)c(F)c1. The molecule has 0 aliphatic carbocycles. The Hall–Kier alpha value is -2.74. The highest BCUT2D eigenvalue weighted by atomic mass is 32.2. The molecule has 3 aromatic rings. The molecule has 0 radical (unpaired) electrons. The van der Waals surface area contributed by atoms with Crippen molar-refractivity contribution in [1.29, 1.82) is 0 Å². The number of carbonyl (C=O) groups is 1. The van der Waals surface area contributed by atoms with Crippen LogP contribution >= 0.6 is 11.8 Å². The number of benzene rings is 1. The molecule has 0 amide bonds. The molecule has 2 aromatic heterocycles. The van der Waals surface area contributed by atoms with Crippen molar-refractivity contribution < 1.29 is 18.7 Å². The Bertz CT molecular complexity index is 966. The summed E-state index contributed by atoms with van der Waals surface area (Å²) in [4.78, 5) is 15.1. The number of carboxylic acids is 1. The summed E-state index contributed by atoms with van der Waals surface area (Å²) in [7, 11) is 0. The first-order valence-electron chi connectivity index (χ1n) is 8.22. The van der Waals surface area contributed by atoms with Gasteiger partial charge in [0.25, 0.3) is 0 Å². The summed E-state index contributed by atoms with van der Waals surface area (Å²) in [6, 6.07) is 5.95. The summed E-state index contributed by atoms with van der Waals surface area (Å²) in [5.41, 5.74) is 1.03. The molecule has 0 aliphatic rings. The minimum absolute atomic E-state index is 0.268. The van der Waals surface area contributed by atoms with Gasteiger partial charge in [0.1, 0.15) is 10.7 Å². The summed E-state index contributed by atoms with van der Waals surface area (Å²) in [5, 5.41) is 13.7. The van der Waals surface area contributed by atoms with Crippen LogP contribution in [0.2, 0.25) is 0 Å². The van der Waals surface area contributed by atoms with E-state index in [1.165, 1.54) is 36.3 Å². The third-order valence-electron chi connectivity index (χ3n) is 3.67. The summed E-state index contributed by atoms with van der Waals surface area (Å²) in [6.07, 6.45) is 3.95. The molecule has 0 atom stereocenters. The molecule has 0 fully saturated rings. The topological polar surface area (TPSA) is 68.0 Å². The Morgan fingerprint density at radius 2 is 2.00 bits per heavy atom. The largest absolute Gasteiger partial charge is 0.481 e. The van der Waals surface area contributed by atoms with Crippen molar-refractivity contribution in [2.75, 3.05) is 0 Å². The highest BCUT2D eigenvalue weighted by Crippen LogP contribution is 2.34. The maximum absolute atomic E-state index is 14.7. The molecule has 0 bridgehead atoms. The molecule has 0 unspecified atom stereocenters. The molecule has 27 heavy (non-hydrogen) atoms. The lowest BCUT2D eigenvalue weighted by Gasteiger charge is -2.12. The number of pyridine rings is 1. The number of hydrogen-bond donors (Lipinski definition) is 1. The Kier molecular flexibility index (Phi) is 5.55. The molecule has 140 valence electrons. The van der Waals surface area contributed by atoms with Gasteiger partial charge in [-0.2, -0.15) is 5.10 Å². The van der Waals surface area contributed by atoms with E-state index < -0.39 is 17.6 Å². The van der Waals surface area contributed by atoms with Crippen LogP contribution in [0.5, 0.6) is 0 Å². The first-order chi connectivity index (χ1) is 12.8. The van der Waals surface area contributed by atoms with Crippen LogP contribution in [0.25, 0.3) is 16.8 Å². The van der Waals surface area contributed by atoms with Gasteiger partial charge in [0.05, 0.1) is 12.6 Å². The third kappa shape index (κ3) is 4.33. The molecule has 0 saturated heterocycles. The van der Waals surface area contributed by atoms with Gasteiger partial charge in [-0.05, 0) is 23.8 Å². The van der Waals surface area contributed by atoms with Crippen LogP contribution in [0, 0.1) is 11.6 Å². The number of halogens is 2. The first-order valence-corrected chi connectivity index (χ1v) is 9.10. The van der Waals surface area contributed by atoms with Crippen LogP contribution in [0.1, 0.15) is 19.4 Å². The minimum Gasteiger partial charge on any atom is -0.481 e. The lowest BCUT2D eigenvalue weighted by Crippen LogP contribution is -2.03. The highest BCUT2D eigenvalue weighted by Gasteiger charge is 2.18. The molecule has 0 spiro atoms. The van der Waals surface area contributed by atoms with Gasteiger partial charge >= 0.3 is 5.97 Å². The lowest BCUT2D eigenvalue weighted by atomic mass is 10.1. The van der Waals surface area contributed by atoms with Crippen molar-refractivity contribution in [1.82, 2.24) is 14.8 Å². The molecule has 1 N–H and O–H groups in total. The normalized spacial score (nSPS) is 11.1. The summed E-state index contributed by atoms with van der Waals surface area (Å²) < 4.78 is 30.4. The van der Waals surface area contributed by atoms with E-state index in [1.807, 2.05) is 13.8 Å².